The topological polar surface area (TPSA) is 17.1 Å². The van der Waals surface area contributed by atoms with E-state index in [4.69, 9.17) is 0 Å². The molecule has 0 aliphatic rings. The molecule has 0 atom stereocenters. The molecule has 1 nitrogen and oxygen atoms in total. The highest BCUT2D eigenvalue weighted by Crippen LogP contribution is 2.14. The standard InChI is InChI=1S/C11H13BrO/c1-8-5-10(6-9(2)13)3-4-11(8)7-12/h3-5H,6-7H2,1-2H3. The van der Waals surface area contributed by atoms with Crippen LogP contribution in [-0.4, -0.2) is 5.78 Å². The van der Waals surface area contributed by atoms with Crippen molar-refractivity contribution in [1.82, 2.24) is 0 Å². The van der Waals surface area contributed by atoms with Crippen molar-refractivity contribution in [2.24, 2.45) is 0 Å². The van der Waals surface area contributed by atoms with Gasteiger partial charge in [0, 0.05) is 11.8 Å². The molecule has 0 N–H and O–H groups in total. The number of benzene rings is 1. The van der Waals surface area contributed by atoms with Gasteiger partial charge in [0.2, 0.25) is 0 Å². The summed E-state index contributed by atoms with van der Waals surface area (Å²) in [4.78, 5) is 10.9. The highest BCUT2D eigenvalue weighted by molar-refractivity contribution is 9.08. The van der Waals surface area contributed by atoms with Crippen molar-refractivity contribution in [3.8, 4) is 0 Å². The molecule has 0 aliphatic heterocycles. The quantitative estimate of drug-likeness (QED) is 0.743. The van der Waals surface area contributed by atoms with E-state index in [9.17, 15) is 4.79 Å². The van der Waals surface area contributed by atoms with Crippen LogP contribution in [0.5, 0.6) is 0 Å². The Morgan fingerprint density at radius 3 is 2.62 bits per heavy atom. The number of Topliss-reactive ketones (excluding diaryl/α,β-unsaturated/α-hetero) is 1. The van der Waals surface area contributed by atoms with Crippen LogP contribution in [0.3, 0.4) is 0 Å². The molecule has 0 aliphatic carbocycles. The van der Waals surface area contributed by atoms with Gasteiger partial charge in [0.25, 0.3) is 0 Å². The van der Waals surface area contributed by atoms with Gasteiger partial charge in [-0.2, -0.15) is 0 Å². The third-order valence-corrected chi connectivity index (χ3v) is 2.61. The van der Waals surface area contributed by atoms with Crippen LogP contribution in [-0.2, 0) is 16.5 Å². The maximum Gasteiger partial charge on any atom is 0.134 e. The Hall–Kier alpha value is -0.630. The molecule has 1 aromatic carbocycles. The second-order valence-corrected chi connectivity index (χ2v) is 3.83. The molecule has 13 heavy (non-hydrogen) atoms. The first kappa shape index (κ1) is 10.5. The van der Waals surface area contributed by atoms with Crippen molar-refractivity contribution < 1.29 is 4.79 Å². The average molecular weight is 241 g/mol. The van der Waals surface area contributed by atoms with Gasteiger partial charge in [-0.3, -0.25) is 4.79 Å². The maximum absolute atomic E-state index is 10.9. The third kappa shape index (κ3) is 2.96. The lowest BCUT2D eigenvalue weighted by Gasteiger charge is -2.04. The molecule has 0 saturated heterocycles. The van der Waals surface area contributed by atoms with Gasteiger partial charge in [-0.1, -0.05) is 34.1 Å². The minimum Gasteiger partial charge on any atom is -0.300 e. The Morgan fingerprint density at radius 1 is 1.46 bits per heavy atom. The predicted octanol–water partition coefficient (Wildman–Crippen LogP) is 3.02. The lowest BCUT2D eigenvalue weighted by atomic mass is 10.0. The summed E-state index contributed by atoms with van der Waals surface area (Å²) in [5.74, 6) is 0.214. The molecule has 0 amide bonds. The van der Waals surface area contributed by atoms with Crippen molar-refractivity contribution >= 4 is 21.7 Å². The lowest BCUT2D eigenvalue weighted by molar-refractivity contribution is -0.116. The molecule has 1 aromatic rings. The summed E-state index contributed by atoms with van der Waals surface area (Å²) in [5, 5.41) is 0.874. The summed E-state index contributed by atoms with van der Waals surface area (Å²) in [6.45, 7) is 3.69. The molecular formula is C11H13BrO. The van der Waals surface area contributed by atoms with E-state index in [-0.39, 0.29) is 5.78 Å². The molecule has 0 heterocycles. The van der Waals surface area contributed by atoms with Crippen molar-refractivity contribution in [2.75, 3.05) is 0 Å². The Balaban J connectivity index is 2.89. The van der Waals surface area contributed by atoms with Gasteiger partial charge in [-0.05, 0) is 30.5 Å². The Bertz CT molecular complexity index is 318. The minimum atomic E-state index is 0.214. The summed E-state index contributed by atoms with van der Waals surface area (Å²) < 4.78 is 0. The van der Waals surface area contributed by atoms with Crippen LogP contribution in [0.25, 0.3) is 0 Å². The summed E-state index contributed by atoms with van der Waals surface area (Å²) in [6.07, 6.45) is 0.545. The van der Waals surface area contributed by atoms with E-state index in [1.54, 1.807) is 6.92 Å². The number of rotatable bonds is 3. The van der Waals surface area contributed by atoms with Crippen LogP contribution in [0.15, 0.2) is 18.2 Å². The fourth-order valence-corrected chi connectivity index (χ4v) is 1.93. The first-order valence-electron chi connectivity index (χ1n) is 4.27. The van der Waals surface area contributed by atoms with E-state index >= 15 is 0 Å². The summed E-state index contributed by atoms with van der Waals surface area (Å²) in [5.41, 5.74) is 3.64. The van der Waals surface area contributed by atoms with E-state index in [2.05, 4.69) is 35.0 Å². The molecular weight excluding hydrogens is 228 g/mol. The molecule has 0 aromatic heterocycles. The molecule has 70 valence electrons. The largest absolute Gasteiger partial charge is 0.300 e. The minimum absolute atomic E-state index is 0.214. The third-order valence-electron chi connectivity index (χ3n) is 2.00. The number of hydrogen-bond acceptors (Lipinski definition) is 1. The molecule has 0 radical (unpaired) electrons. The van der Waals surface area contributed by atoms with Gasteiger partial charge in [0.1, 0.15) is 5.78 Å². The van der Waals surface area contributed by atoms with Crippen LogP contribution in [0.2, 0.25) is 0 Å². The zero-order chi connectivity index (χ0) is 9.84. The predicted molar refractivity (Wildman–Crippen MR) is 58.2 cm³/mol. The fraction of sp³-hybridized carbons (Fsp3) is 0.364. The number of carbonyl (C=O) groups is 1. The summed E-state index contributed by atoms with van der Waals surface area (Å²) >= 11 is 3.42. The Morgan fingerprint density at radius 2 is 2.15 bits per heavy atom. The average Bonchev–Trinajstić information content (AvgIpc) is 2.03. The molecule has 2 heteroatoms. The second-order valence-electron chi connectivity index (χ2n) is 3.27. The van der Waals surface area contributed by atoms with Crippen molar-refractivity contribution in [1.29, 1.82) is 0 Å². The number of carbonyl (C=O) groups excluding carboxylic acids is 1. The number of halogens is 1. The lowest BCUT2D eigenvalue weighted by Crippen LogP contribution is -1.97. The van der Waals surface area contributed by atoms with E-state index in [1.807, 2.05) is 6.07 Å². The van der Waals surface area contributed by atoms with Gasteiger partial charge in [-0.25, -0.2) is 0 Å². The molecule has 0 saturated carbocycles. The highest BCUT2D eigenvalue weighted by atomic mass is 79.9. The summed E-state index contributed by atoms with van der Waals surface area (Å²) in [7, 11) is 0. The van der Waals surface area contributed by atoms with Crippen molar-refractivity contribution in [3.05, 3.63) is 34.9 Å². The first-order valence-corrected chi connectivity index (χ1v) is 5.39. The van der Waals surface area contributed by atoms with Gasteiger partial charge >= 0.3 is 0 Å². The van der Waals surface area contributed by atoms with E-state index < -0.39 is 0 Å². The van der Waals surface area contributed by atoms with Gasteiger partial charge in [-0.15, -0.1) is 0 Å². The van der Waals surface area contributed by atoms with Gasteiger partial charge < -0.3 is 0 Å². The zero-order valence-corrected chi connectivity index (χ0v) is 9.52. The Kier molecular flexibility index (Phi) is 3.67. The monoisotopic (exact) mass is 240 g/mol. The van der Waals surface area contributed by atoms with E-state index in [0.717, 1.165) is 10.9 Å². The van der Waals surface area contributed by atoms with E-state index in [1.165, 1.54) is 11.1 Å². The Labute approximate surface area is 87.3 Å². The number of hydrogen-bond donors (Lipinski definition) is 0. The summed E-state index contributed by atoms with van der Waals surface area (Å²) in [6, 6.07) is 6.17. The fourth-order valence-electron chi connectivity index (χ4n) is 1.31. The SMILES string of the molecule is CC(=O)Cc1ccc(CBr)c(C)c1. The van der Waals surface area contributed by atoms with Crippen LogP contribution >= 0.6 is 15.9 Å². The van der Waals surface area contributed by atoms with Crippen molar-refractivity contribution in [2.45, 2.75) is 25.6 Å². The van der Waals surface area contributed by atoms with Crippen LogP contribution in [0.1, 0.15) is 23.6 Å². The number of aryl methyl sites for hydroxylation is 1. The smallest absolute Gasteiger partial charge is 0.134 e. The highest BCUT2D eigenvalue weighted by Gasteiger charge is 2.00. The van der Waals surface area contributed by atoms with E-state index in [0.29, 0.717) is 6.42 Å². The molecule has 0 fully saturated rings. The van der Waals surface area contributed by atoms with Gasteiger partial charge in [0.15, 0.2) is 0 Å². The maximum atomic E-state index is 10.9. The second kappa shape index (κ2) is 4.56. The molecule has 1 rings (SSSR count). The first-order chi connectivity index (χ1) is 6.13. The zero-order valence-electron chi connectivity index (χ0n) is 7.93. The number of alkyl halides is 1. The van der Waals surface area contributed by atoms with Crippen LogP contribution < -0.4 is 0 Å². The number of ketones is 1. The molecule has 0 spiro atoms. The normalized spacial score (nSPS) is 10.1. The van der Waals surface area contributed by atoms with Crippen LogP contribution in [0, 0.1) is 6.92 Å². The molecule has 0 unspecified atom stereocenters. The van der Waals surface area contributed by atoms with Crippen molar-refractivity contribution in [3.63, 3.8) is 0 Å². The van der Waals surface area contributed by atoms with Crippen LogP contribution in [0.4, 0.5) is 0 Å². The molecule has 0 bridgehead atoms. The van der Waals surface area contributed by atoms with Gasteiger partial charge in [0.05, 0.1) is 0 Å².